The third kappa shape index (κ3) is 2.86. The minimum atomic E-state index is -5.31. The zero-order valence-electron chi connectivity index (χ0n) is 7.24. The van der Waals surface area contributed by atoms with E-state index in [2.05, 4.69) is 11.8 Å². The van der Waals surface area contributed by atoms with Gasteiger partial charge in [0.1, 0.15) is 0 Å². The van der Waals surface area contributed by atoms with Crippen molar-refractivity contribution in [2.75, 3.05) is 6.16 Å². The molecule has 0 atom stereocenters. The van der Waals surface area contributed by atoms with Crippen LogP contribution < -0.4 is 0 Å². The lowest BCUT2D eigenvalue weighted by atomic mass is 10.4. The Morgan fingerprint density at radius 1 is 1.00 bits per heavy atom. The normalized spacial score (nSPS) is 14.5. The Bertz CT molecular complexity index is 211. The second kappa shape index (κ2) is 4.39. The summed E-state index contributed by atoms with van der Waals surface area (Å²) in [4.78, 5) is 0. The van der Waals surface area contributed by atoms with Gasteiger partial charge in [0.25, 0.3) is 0 Å². The van der Waals surface area contributed by atoms with E-state index in [-0.39, 0.29) is 12.8 Å². The first kappa shape index (κ1) is 14.2. The molecule has 0 aromatic carbocycles. The van der Waals surface area contributed by atoms with Crippen LogP contribution in [0.1, 0.15) is 19.8 Å². The van der Waals surface area contributed by atoms with Crippen molar-refractivity contribution in [3.05, 3.63) is 0 Å². The van der Waals surface area contributed by atoms with Crippen LogP contribution in [0.2, 0.25) is 0 Å². The zero-order chi connectivity index (χ0) is 11.6. The summed E-state index contributed by atoms with van der Waals surface area (Å²) in [6, 6.07) is -5.27. The van der Waals surface area contributed by atoms with E-state index in [1.807, 2.05) is 0 Å². The lowest BCUT2D eigenvalue weighted by Gasteiger charge is -2.26. The van der Waals surface area contributed by atoms with Crippen molar-refractivity contribution >= 4 is 17.8 Å². The minimum absolute atomic E-state index is 0.143. The Morgan fingerprint density at radius 3 is 1.57 bits per heavy atom. The number of hydrogen-bond acceptors (Lipinski definition) is 1. The van der Waals surface area contributed by atoms with Crippen molar-refractivity contribution in [3.63, 3.8) is 0 Å². The van der Waals surface area contributed by atoms with Gasteiger partial charge >= 0.3 is 11.8 Å². The highest BCUT2D eigenvalue weighted by atomic mass is 32.4. The van der Waals surface area contributed by atoms with E-state index in [0.717, 1.165) is 0 Å². The molecule has 0 nitrogen and oxygen atoms in total. The van der Waals surface area contributed by atoms with Crippen LogP contribution in [0.3, 0.4) is 0 Å². The van der Waals surface area contributed by atoms with Crippen molar-refractivity contribution < 1.29 is 26.3 Å². The largest absolute Gasteiger partial charge is 0.422 e. The predicted molar refractivity (Wildman–Crippen MR) is 46.2 cm³/mol. The van der Waals surface area contributed by atoms with E-state index in [0.29, 0.717) is 0 Å². The van der Waals surface area contributed by atoms with Crippen molar-refractivity contribution in [1.29, 1.82) is 0 Å². The Labute approximate surface area is 82.7 Å². The molecule has 86 valence electrons. The summed E-state index contributed by atoms with van der Waals surface area (Å²) in [5.41, 5.74) is 0. The summed E-state index contributed by atoms with van der Waals surface area (Å²) in [5, 5.41) is 0. The highest BCUT2D eigenvalue weighted by Crippen LogP contribution is 2.71. The fourth-order valence-corrected chi connectivity index (χ4v) is 2.72. The first-order valence-corrected chi connectivity index (χ1v) is 6.77. The molecular formula is C6H9F6PS. The number of hydrogen-bond donors (Lipinski definition) is 0. The van der Waals surface area contributed by atoms with Gasteiger partial charge in [-0.05, 0) is 12.6 Å². The van der Waals surface area contributed by atoms with Gasteiger partial charge < -0.3 is 0 Å². The molecule has 0 heterocycles. The van der Waals surface area contributed by atoms with Crippen molar-refractivity contribution in [3.8, 4) is 0 Å². The fraction of sp³-hybridized carbons (Fsp3) is 1.00. The number of unbranched alkanes of at least 4 members (excludes halogenated alkanes) is 1. The van der Waals surface area contributed by atoms with Crippen LogP contribution in [0.4, 0.5) is 26.3 Å². The Hall–Kier alpha value is 0.230. The van der Waals surface area contributed by atoms with Crippen LogP contribution in [-0.4, -0.2) is 18.0 Å². The minimum Gasteiger partial charge on any atom is -0.166 e. The van der Waals surface area contributed by atoms with Gasteiger partial charge in [-0.3, -0.25) is 0 Å². The topological polar surface area (TPSA) is 0 Å². The van der Waals surface area contributed by atoms with Crippen LogP contribution in [0, 0.1) is 0 Å². The molecule has 0 fully saturated rings. The second-order valence-corrected chi connectivity index (χ2v) is 7.56. The molecule has 0 rings (SSSR count). The summed E-state index contributed by atoms with van der Waals surface area (Å²) in [7, 11) is 0. The molecule has 0 spiro atoms. The van der Waals surface area contributed by atoms with Gasteiger partial charge in [0.05, 0.1) is 0 Å². The predicted octanol–water partition coefficient (Wildman–Crippen LogP) is 4.31. The van der Waals surface area contributed by atoms with Crippen LogP contribution >= 0.6 is 6.04 Å². The molecule has 0 aromatic rings. The summed E-state index contributed by atoms with van der Waals surface area (Å²) in [6.45, 7) is 1.52. The maximum atomic E-state index is 12.1. The second-order valence-electron chi connectivity index (χ2n) is 2.75. The lowest BCUT2D eigenvalue weighted by Crippen LogP contribution is -2.24. The molecule has 0 N–H and O–H groups in total. The molecule has 0 radical (unpaired) electrons. The van der Waals surface area contributed by atoms with Gasteiger partial charge in [-0.15, -0.1) is 0 Å². The molecule has 0 saturated carbocycles. The maximum absolute atomic E-state index is 12.1. The van der Waals surface area contributed by atoms with E-state index < -0.39 is 24.0 Å². The van der Waals surface area contributed by atoms with Crippen molar-refractivity contribution in [2.45, 2.75) is 31.6 Å². The molecule has 0 aliphatic heterocycles. The van der Waals surface area contributed by atoms with Crippen LogP contribution in [0.5, 0.6) is 0 Å². The standard InChI is InChI=1S/C6H9F6PS/c1-2-3-4-13(14,5(7,8)9)6(10,11)12/h2-4H2,1H3. The molecule has 0 amide bonds. The van der Waals surface area contributed by atoms with E-state index in [9.17, 15) is 26.3 Å². The van der Waals surface area contributed by atoms with Gasteiger partial charge in [0.15, 0.2) is 6.04 Å². The van der Waals surface area contributed by atoms with Gasteiger partial charge in [0.2, 0.25) is 0 Å². The molecular weight excluding hydrogens is 249 g/mol. The summed E-state index contributed by atoms with van der Waals surface area (Å²) in [5.74, 6) is -10.6. The molecule has 0 unspecified atom stereocenters. The molecule has 0 aromatic heterocycles. The monoisotopic (exact) mass is 258 g/mol. The van der Waals surface area contributed by atoms with E-state index in [1.165, 1.54) is 6.92 Å². The summed E-state index contributed by atoms with van der Waals surface area (Å²) < 4.78 is 72.9. The number of alkyl halides is 6. The molecule has 0 saturated heterocycles. The van der Waals surface area contributed by atoms with E-state index >= 15 is 0 Å². The first-order chi connectivity index (χ1) is 6.06. The Kier molecular flexibility index (Phi) is 4.46. The van der Waals surface area contributed by atoms with Crippen LogP contribution in [-0.2, 0) is 11.8 Å². The molecule has 14 heavy (non-hydrogen) atoms. The van der Waals surface area contributed by atoms with Crippen molar-refractivity contribution in [2.24, 2.45) is 0 Å². The molecule has 0 aliphatic carbocycles. The zero-order valence-corrected chi connectivity index (χ0v) is 8.96. The maximum Gasteiger partial charge on any atom is 0.422 e. The average Bonchev–Trinajstić information content (AvgIpc) is 1.95. The molecule has 8 heteroatoms. The molecule has 0 bridgehead atoms. The van der Waals surface area contributed by atoms with Gasteiger partial charge in [0, 0.05) is 0 Å². The summed E-state index contributed by atoms with van der Waals surface area (Å²) in [6.07, 6.45) is -0.854. The fourth-order valence-electron chi connectivity index (χ4n) is 0.778. The Balaban J connectivity index is 4.99. The van der Waals surface area contributed by atoms with Gasteiger partial charge in [-0.25, -0.2) is 0 Å². The van der Waals surface area contributed by atoms with Crippen molar-refractivity contribution in [1.82, 2.24) is 0 Å². The Morgan fingerprint density at radius 2 is 1.36 bits per heavy atom. The van der Waals surface area contributed by atoms with E-state index in [1.54, 1.807) is 0 Å². The van der Waals surface area contributed by atoms with E-state index in [4.69, 9.17) is 0 Å². The third-order valence-corrected chi connectivity index (χ3v) is 6.02. The smallest absolute Gasteiger partial charge is 0.166 e. The summed E-state index contributed by atoms with van der Waals surface area (Å²) >= 11 is 3.80. The quantitative estimate of drug-likeness (QED) is 0.537. The first-order valence-electron chi connectivity index (χ1n) is 3.79. The van der Waals surface area contributed by atoms with Gasteiger partial charge in [-0.2, -0.15) is 26.3 Å². The highest BCUT2D eigenvalue weighted by molar-refractivity contribution is 8.15. The van der Waals surface area contributed by atoms with Gasteiger partial charge in [-0.1, -0.05) is 25.2 Å². The SMILES string of the molecule is CCCCP(=S)(C(F)(F)F)C(F)(F)F. The third-order valence-electron chi connectivity index (χ3n) is 1.65. The highest BCUT2D eigenvalue weighted by Gasteiger charge is 2.62. The average molecular weight is 258 g/mol. The lowest BCUT2D eigenvalue weighted by molar-refractivity contribution is -0.0843. The van der Waals surface area contributed by atoms with Crippen LogP contribution in [0.15, 0.2) is 0 Å². The number of halogens is 6. The molecule has 0 aliphatic rings. The number of rotatable bonds is 3. The van der Waals surface area contributed by atoms with Crippen LogP contribution in [0.25, 0.3) is 0 Å².